The monoisotopic (exact) mass is 303 g/mol. The Morgan fingerprint density at radius 3 is 2.57 bits per heavy atom. The molecule has 0 atom stereocenters. The van der Waals surface area contributed by atoms with E-state index in [0.717, 1.165) is 24.6 Å². The van der Waals surface area contributed by atoms with E-state index in [1.54, 1.807) is 11.3 Å². The lowest BCUT2D eigenvalue weighted by molar-refractivity contribution is 0.426. The Kier molecular flexibility index (Phi) is 5.37. The van der Waals surface area contributed by atoms with Crippen LogP contribution < -0.4 is 10.2 Å². The lowest BCUT2D eigenvalue weighted by Crippen LogP contribution is -2.34. The number of rotatable bonds is 6. The van der Waals surface area contributed by atoms with Gasteiger partial charge in [-0.1, -0.05) is 30.3 Å². The largest absolute Gasteiger partial charge is 0.351 e. The Morgan fingerprint density at radius 1 is 1.19 bits per heavy atom. The number of aromatic nitrogens is 1. The molecular formula is C17H25N3S. The van der Waals surface area contributed by atoms with Crippen molar-refractivity contribution in [2.45, 2.75) is 39.3 Å². The zero-order valence-electron chi connectivity index (χ0n) is 13.4. The zero-order valence-corrected chi connectivity index (χ0v) is 14.2. The normalized spacial score (nSPS) is 11.6. The number of likely N-dealkylation sites (N-methyl/N-ethyl adjacent to an activating group) is 1. The number of benzene rings is 1. The Labute approximate surface area is 132 Å². The van der Waals surface area contributed by atoms with Crippen LogP contribution in [-0.4, -0.2) is 24.1 Å². The van der Waals surface area contributed by atoms with E-state index in [9.17, 15) is 0 Å². The van der Waals surface area contributed by atoms with Crippen molar-refractivity contribution in [3.8, 4) is 0 Å². The topological polar surface area (TPSA) is 28.2 Å². The molecule has 21 heavy (non-hydrogen) atoms. The van der Waals surface area contributed by atoms with Gasteiger partial charge in [-0.2, -0.15) is 0 Å². The van der Waals surface area contributed by atoms with E-state index in [1.807, 2.05) is 6.20 Å². The fourth-order valence-corrected chi connectivity index (χ4v) is 2.78. The minimum atomic E-state index is 0.142. The third-order valence-corrected chi connectivity index (χ3v) is 4.35. The predicted octanol–water partition coefficient (Wildman–Crippen LogP) is 3.71. The molecule has 2 rings (SSSR count). The molecule has 2 aromatic rings. The summed E-state index contributed by atoms with van der Waals surface area (Å²) in [5.41, 5.74) is 1.51. The van der Waals surface area contributed by atoms with Crippen LogP contribution in [0.15, 0.2) is 36.5 Å². The van der Waals surface area contributed by atoms with Crippen molar-refractivity contribution in [1.29, 1.82) is 0 Å². The van der Waals surface area contributed by atoms with Gasteiger partial charge in [0.1, 0.15) is 0 Å². The molecule has 0 unspecified atom stereocenters. The number of anilines is 1. The van der Waals surface area contributed by atoms with Crippen LogP contribution in [0.3, 0.4) is 0 Å². The number of hydrogen-bond acceptors (Lipinski definition) is 4. The lowest BCUT2D eigenvalue weighted by Gasteiger charge is -2.19. The van der Waals surface area contributed by atoms with Gasteiger partial charge in [-0.05, 0) is 32.8 Å². The number of thiazole rings is 1. The molecule has 0 radical (unpaired) electrons. The minimum absolute atomic E-state index is 0.142. The van der Waals surface area contributed by atoms with Crippen LogP contribution in [-0.2, 0) is 13.0 Å². The summed E-state index contributed by atoms with van der Waals surface area (Å²) in [5, 5.41) is 4.59. The van der Waals surface area contributed by atoms with Crippen LogP contribution in [0, 0.1) is 0 Å². The first-order valence-corrected chi connectivity index (χ1v) is 8.20. The molecule has 1 N–H and O–H groups in total. The van der Waals surface area contributed by atoms with Gasteiger partial charge in [0.25, 0.3) is 0 Å². The van der Waals surface area contributed by atoms with Crippen molar-refractivity contribution in [1.82, 2.24) is 10.3 Å². The molecule has 0 fully saturated rings. The summed E-state index contributed by atoms with van der Waals surface area (Å²) in [5.74, 6) is 0. The third-order valence-electron chi connectivity index (χ3n) is 3.24. The van der Waals surface area contributed by atoms with Crippen molar-refractivity contribution in [2.24, 2.45) is 0 Å². The highest BCUT2D eigenvalue weighted by Gasteiger charge is 2.11. The van der Waals surface area contributed by atoms with Gasteiger partial charge in [0.2, 0.25) is 0 Å². The van der Waals surface area contributed by atoms with E-state index in [0.29, 0.717) is 0 Å². The average molecular weight is 303 g/mol. The molecule has 0 spiro atoms. The lowest BCUT2D eigenvalue weighted by atomic mass is 10.1. The van der Waals surface area contributed by atoms with Crippen molar-refractivity contribution < 1.29 is 0 Å². The number of hydrogen-bond donors (Lipinski definition) is 1. The molecule has 1 aromatic carbocycles. The summed E-state index contributed by atoms with van der Waals surface area (Å²) in [6, 6.07) is 10.6. The van der Waals surface area contributed by atoms with Gasteiger partial charge in [-0.3, -0.25) is 0 Å². The smallest absolute Gasteiger partial charge is 0.185 e. The Morgan fingerprint density at radius 2 is 1.90 bits per heavy atom. The highest BCUT2D eigenvalue weighted by molar-refractivity contribution is 7.15. The highest BCUT2D eigenvalue weighted by atomic mass is 32.1. The van der Waals surface area contributed by atoms with Gasteiger partial charge in [0, 0.05) is 36.8 Å². The summed E-state index contributed by atoms with van der Waals surface area (Å²) in [4.78, 5) is 8.05. The standard InChI is InChI=1S/C17H25N3S/c1-17(2,3)19-13-15-12-18-16(21-15)20(4)11-10-14-8-6-5-7-9-14/h5-9,12,19H,10-11,13H2,1-4H3. The van der Waals surface area contributed by atoms with E-state index < -0.39 is 0 Å². The van der Waals surface area contributed by atoms with Crippen LogP contribution in [0.4, 0.5) is 5.13 Å². The molecular weight excluding hydrogens is 278 g/mol. The third kappa shape index (κ3) is 5.48. The number of nitrogens with zero attached hydrogens (tertiary/aromatic N) is 2. The van der Waals surface area contributed by atoms with Gasteiger partial charge in [-0.25, -0.2) is 4.98 Å². The van der Waals surface area contributed by atoms with E-state index in [4.69, 9.17) is 0 Å². The second-order valence-corrected chi connectivity index (χ2v) is 7.46. The minimum Gasteiger partial charge on any atom is -0.351 e. The summed E-state index contributed by atoms with van der Waals surface area (Å²) in [7, 11) is 2.11. The van der Waals surface area contributed by atoms with E-state index in [1.165, 1.54) is 10.4 Å². The maximum absolute atomic E-state index is 4.53. The van der Waals surface area contributed by atoms with Crippen LogP contribution in [0.25, 0.3) is 0 Å². The van der Waals surface area contributed by atoms with Crippen LogP contribution in [0.5, 0.6) is 0 Å². The first kappa shape index (κ1) is 16.0. The number of nitrogens with one attached hydrogen (secondary N) is 1. The second kappa shape index (κ2) is 7.05. The van der Waals surface area contributed by atoms with E-state index in [2.05, 4.69) is 73.4 Å². The first-order chi connectivity index (χ1) is 9.94. The van der Waals surface area contributed by atoms with Crippen molar-refractivity contribution in [2.75, 3.05) is 18.5 Å². The molecule has 1 aromatic heterocycles. The van der Waals surface area contributed by atoms with Gasteiger partial charge in [0.05, 0.1) is 0 Å². The summed E-state index contributed by atoms with van der Waals surface area (Å²) < 4.78 is 0. The molecule has 0 aliphatic rings. The highest BCUT2D eigenvalue weighted by Crippen LogP contribution is 2.22. The molecule has 0 amide bonds. The SMILES string of the molecule is CN(CCc1ccccc1)c1ncc(CNC(C)(C)C)s1. The van der Waals surface area contributed by atoms with Gasteiger partial charge >= 0.3 is 0 Å². The average Bonchev–Trinajstić information content (AvgIpc) is 2.92. The van der Waals surface area contributed by atoms with Crippen molar-refractivity contribution >= 4 is 16.5 Å². The molecule has 4 heteroatoms. The van der Waals surface area contributed by atoms with E-state index >= 15 is 0 Å². The molecule has 1 heterocycles. The van der Waals surface area contributed by atoms with Crippen LogP contribution in [0.2, 0.25) is 0 Å². The molecule has 0 saturated heterocycles. The predicted molar refractivity (Wildman–Crippen MR) is 92.1 cm³/mol. The molecule has 0 bridgehead atoms. The Bertz CT molecular complexity index is 543. The van der Waals surface area contributed by atoms with Crippen LogP contribution in [0.1, 0.15) is 31.2 Å². The molecule has 0 saturated carbocycles. The van der Waals surface area contributed by atoms with E-state index in [-0.39, 0.29) is 5.54 Å². The first-order valence-electron chi connectivity index (χ1n) is 7.39. The fourth-order valence-electron chi connectivity index (χ4n) is 1.94. The maximum Gasteiger partial charge on any atom is 0.185 e. The Hall–Kier alpha value is -1.39. The fraction of sp³-hybridized carbons (Fsp3) is 0.471. The molecule has 3 nitrogen and oxygen atoms in total. The zero-order chi connectivity index (χ0) is 15.3. The second-order valence-electron chi connectivity index (χ2n) is 6.37. The van der Waals surface area contributed by atoms with Gasteiger partial charge < -0.3 is 10.2 Å². The summed E-state index contributed by atoms with van der Waals surface area (Å²) in [6.45, 7) is 8.42. The summed E-state index contributed by atoms with van der Waals surface area (Å²) >= 11 is 1.77. The molecule has 0 aliphatic heterocycles. The van der Waals surface area contributed by atoms with Gasteiger partial charge in [0.15, 0.2) is 5.13 Å². The maximum atomic E-state index is 4.53. The molecule has 114 valence electrons. The summed E-state index contributed by atoms with van der Waals surface area (Å²) in [6.07, 6.45) is 3.03. The van der Waals surface area contributed by atoms with Crippen LogP contribution >= 0.6 is 11.3 Å². The molecule has 0 aliphatic carbocycles. The quantitative estimate of drug-likeness (QED) is 0.882. The van der Waals surface area contributed by atoms with Crippen molar-refractivity contribution in [3.05, 3.63) is 47.0 Å². The van der Waals surface area contributed by atoms with Crippen molar-refractivity contribution in [3.63, 3.8) is 0 Å². The Balaban J connectivity index is 1.85. The van der Waals surface area contributed by atoms with Gasteiger partial charge in [-0.15, -0.1) is 11.3 Å².